The Labute approximate surface area is 159 Å². The lowest BCUT2D eigenvalue weighted by Crippen LogP contribution is -2.00. The maximum Gasteiger partial charge on any atom is 0.283 e. The molecule has 0 radical (unpaired) electrons. The van der Waals surface area contributed by atoms with Crippen LogP contribution in [0, 0.1) is 11.3 Å². The van der Waals surface area contributed by atoms with Crippen molar-refractivity contribution in [2.45, 2.75) is 6.43 Å². The predicted octanol–water partition coefficient (Wildman–Crippen LogP) is 5.02. The zero-order chi connectivity index (χ0) is 19.6. The molecule has 0 amide bonds. The zero-order valence-corrected chi connectivity index (χ0v) is 15.2. The molecule has 0 aliphatic rings. The molecule has 0 bridgehead atoms. The molecule has 0 fully saturated rings. The highest BCUT2D eigenvalue weighted by Gasteiger charge is 2.26. The molecule has 27 heavy (non-hydrogen) atoms. The van der Waals surface area contributed by atoms with Crippen molar-refractivity contribution >= 4 is 11.6 Å². The van der Waals surface area contributed by atoms with Crippen LogP contribution in [0.25, 0.3) is 16.9 Å². The Kier molecular flexibility index (Phi) is 5.28. The molecule has 0 aliphatic heterocycles. The second-order valence-corrected chi connectivity index (χ2v) is 5.92. The van der Waals surface area contributed by atoms with E-state index in [4.69, 9.17) is 21.1 Å². The minimum atomic E-state index is -2.90. The van der Waals surface area contributed by atoms with Crippen LogP contribution in [-0.4, -0.2) is 24.0 Å². The van der Waals surface area contributed by atoms with Gasteiger partial charge in [0.2, 0.25) is 0 Å². The summed E-state index contributed by atoms with van der Waals surface area (Å²) >= 11 is 5.91. The Balaban J connectivity index is 2.30. The summed E-state index contributed by atoms with van der Waals surface area (Å²) in [6.45, 7) is 0. The van der Waals surface area contributed by atoms with Crippen molar-refractivity contribution < 1.29 is 18.3 Å². The van der Waals surface area contributed by atoms with Gasteiger partial charge in [0.15, 0.2) is 11.5 Å². The summed E-state index contributed by atoms with van der Waals surface area (Å²) < 4.78 is 38.7. The van der Waals surface area contributed by atoms with Crippen molar-refractivity contribution in [3.63, 3.8) is 0 Å². The molecule has 8 heteroatoms. The minimum Gasteiger partial charge on any atom is -0.493 e. The lowest BCUT2D eigenvalue weighted by atomic mass is 10.1. The van der Waals surface area contributed by atoms with Gasteiger partial charge in [-0.2, -0.15) is 10.4 Å². The maximum absolute atomic E-state index is 13.5. The van der Waals surface area contributed by atoms with Crippen LogP contribution in [-0.2, 0) is 0 Å². The number of hydrogen-bond donors (Lipinski definition) is 0. The van der Waals surface area contributed by atoms with Gasteiger partial charge in [-0.05, 0) is 42.5 Å². The largest absolute Gasteiger partial charge is 0.493 e. The van der Waals surface area contributed by atoms with Gasteiger partial charge in [0.25, 0.3) is 6.43 Å². The first-order valence-corrected chi connectivity index (χ1v) is 8.17. The number of halogens is 3. The molecule has 0 saturated heterocycles. The van der Waals surface area contributed by atoms with Gasteiger partial charge < -0.3 is 9.47 Å². The quantitative estimate of drug-likeness (QED) is 0.614. The van der Waals surface area contributed by atoms with Crippen LogP contribution in [0.4, 0.5) is 8.78 Å². The third-order valence-electron chi connectivity index (χ3n) is 3.96. The highest BCUT2D eigenvalue weighted by Crippen LogP contribution is 2.37. The van der Waals surface area contributed by atoms with Gasteiger partial charge >= 0.3 is 0 Å². The molecule has 3 rings (SSSR count). The topological polar surface area (TPSA) is 60.1 Å². The monoisotopic (exact) mass is 389 g/mol. The van der Waals surface area contributed by atoms with Crippen LogP contribution < -0.4 is 9.47 Å². The number of nitriles is 1. The summed E-state index contributed by atoms with van der Waals surface area (Å²) in [4.78, 5) is 0. The Morgan fingerprint density at radius 2 is 1.74 bits per heavy atom. The van der Waals surface area contributed by atoms with Crippen molar-refractivity contribution in [3.8, 4) is 34.5 Å². The Bertz CT molecular complexity index is 1010. The molecule has 0 atom stereocenters. The summed E-state index contributed by atoms with van der Waals surface area (Å²) in [5.41, 5.74) is 0.423. The molecule has 1 aromatic heterocycles. The van der Waals surface area contributed by atoms with Crippen molar-refractivity contribution in [2.24, 2.45) is 0 Å². The highest BCUT2D eigenvalue weighted by molar-refractivity contribution is 6.30. The van der Waals surface area contributed by atoms with Crippen LogP contribution >= 0.6 is 11.6 Å². The number of methoxy groups -OCH3 is 2. The number of ether oxygens (including phenoxy) is 2. The molecule has 0 unspecified atom stereocenters. The maximum atomic E-state index is 13.5. The average molecular weight is 390 g/mol. The lowest BCUT2D eigenvalue weighted by Gasteiger charge is -2.12. The molecule has 0 spiro atoms. The molecular weight excluding hydrogens is 376 g/mol. The Hall–Kier alpha value is -3.11. The van der Waals surface area contributed by atoms with E-state index < -0.39 is 12.1 Å². The predicted molar refractivity (Wildman–Crippen MR) is 96.8 cm³/mol. The molecule has 0 N–H and O–H groups in total. The second kappa shape index (κ2) is 7.64. The van der Waals surface area contributed by atoms with E-state index in [2.05, 4.69) is 5.10 Å². The van der Waals surface area contributed by atoms with Crippen molar-refractivity contribution in [1.82, 2.24) is 9.78 Å². The Morgan fingerprint density at radius 1 is 1.07 bits per heavy atom. The first kappa shape index (κ1) is 18.7. The molecule has 5 nitrogen and oxygen atoms in total. The van der Waals surface area contributed by atoms with Gasteiger partial charge in [-0.15, -0.1) is 0 Å². The molecule has 1 heterocycles. The normalized spacial score (nSPS) is 10.7. The van der Waals surface area contributed by atoms with Gasteiger partial charge in [0.05, 0.1) is 25.6 Å². The number of hydrogen-bond acceptors (Lipinski definition) is 4. The molecule has 2 aromatic carbocycles. The number of nitrogens with zero attached hydrogens (tertiary/aromatic N) is 3. The van der Waals surface area contributed by atoms with E-state index in [1.54, 1.807) is 42.5 Å². The van der Waals surface area contributed by atoms with E-state index in [1.165, 1.54) is 18.9 Å². The van der Waals surface area contributed by atoms with Crippen LogP contribution in [0.15, 0.2) is 42.5 Å². The smallest absolute Gasteiger partial charge is 0.283 e. The summed E-state index contributed by atoms with van der Waals surface area (Å²) in [7, 11) is 2.96. The average Bonchev–Trinajstić information content (AvgIpc) is 3.07. The van der Waals surface area contributed by atoms with Gasteiger partial charge in [0.1, 0.15) is 17.3 Å². The summed E-state index contributed by atoms with van der Waals surface area (Å²) in [5.74, 6) is 0.882. The summed E-state index contributed by atoms with van der Waals surface area (Å²) in [5, 5.41) is 14.0. The molecule has 3 aromatic rings. The van der Waals surface area contributed by atoms with E-state index in [9.17, 15) is 14.0 Å². The molecule has 0 saturated carbocycles. The summed E-state index contributed by atoms with van der Waals surface area (Å²) in [6, 6.07) is 13.3. The SMILES string of the molecule is COc1ccc(-c2c(C#N)c(C(F)F)nn2-c2ccc(Cl)cc2)cc1OC. The standard InChI is InChI=1S/C19H14ClF2N3O2/c1-26-15-8-3-11(9-16(15)27-2)18-14(10-23)17(19(21)22)24-25(18)13-6-4-12(20)5-7-13/h3-9,19H,1-2H3. The van der Waals surface area contributed by atoms with Crippen molar-refractivity contribution in [2.75, 3.05) is 14.2 Å². The second-order valence-electron chi connectivity index (χ2n) is 5.48. The first-order valence-electron chi connectivity index (χ1n) is 7.79. The number of alkyl halides is 2. The minimum absolute atomic E-state index is 0.202. The van der Waals surface area contributed by atoms with E-state index in [0.717, 1.165) is 0 Å². The fraction of sp³-hybridized carbons (Fsp3) is 0.158. The Morgan fingerprint density at radius 3 is 2.30 bits per heavy atom. The number of benzene rings is 2. The van der Waals surface area contributed by atoms with Crippen molar-refractivity contribution in [3.05, 3.63) is 58.7 Å². The summed E-state index contributed by atoms with van der Waals surface area (Å²) in [6.07, 6.45) is -2.90. The van der Waals surface area contributed by atoms with E-state index in [-0.39, 0.29) is 11.3 Å². The van der Waals surface area contributed by atoms with Crippen LogP contribution in [0.5, 0.6) is 11.5 Å². The van der Waals surface area contributed by atoms with Crippen molar-refractivity contribution in [1.29, 1.82) is 5.26 Å². The third kappa shape index (κ3) is 3.44. The molecule has 0 aliphatic carbocycles. The number of rotatable bonds is 5. The lowest BCUT2D eigenvalue weighted by molar-refractivity contribution is 0.145. The fourth-order valence-corrected chi connectivity index (χ4v) is 2.84. The van der Waals surface area contributed by atoms with Crippen LogP contribution in [0.3, 0.4) is 0 Å². The first-order chi connectivity index (χ1) is 13.0. The van der Waals surface area contributed by atoms with Gasteiger partial charge in [0, 0.05) is 10.6 Å². The van der Waals surface area contributed by atoms with E-state index in [1.807, 2.05) is 6.07 Å². The molecule has 138 valence electrons. The molecular formula is C19H14ClF2N3O2. The van der Waals surface area contributed by atoms with Gasteiger partial charge in [-0.25, -0.2) is 13.5 Å². The highest BCUT2D eigenvalue weighted by atomic mass is 35.5. The van der Waals surface area contributed by atoms with Gasteiger partial charge in [-0.1, -0.05) is 11.6 Å². The van der Waals surface area contributed by atoms with E-state index >= 15 is 0 Å². The van der Waals surface area contributed by atoms with E-state index in [0.29, 0.717) is 27.8 Å². The number of aromatic nitrogens is 2. The van der Waals surface area contributed by atoms with Crippen LogP contribution in [0.2, 0.25) is 5.02 Å². The van der Waals surface area contributed by atoms with Gasteiger partial charge in [-0.3, -0.25) is 0 Å². The van der Waals surface area contributed by atoms with Crippen LogP contribution in [0.1, 0.15) is 17.7 Å². The third-order valence-corrected chi connectivity index (χ3v) is 4.21. The fourth-order valence-electron chi connectivity index (χ4n) is 2.72. The zero-order valence-electron chi connectivity index (χ0n) is 14.4.